The van der Waals surface area contributed by atoms with Crippen molar-refractivity contribution < 1.29 is 15.1 Å². The Morgan fingerprint density at radius 2 is 1.43 bits per heavy atom. The van der Waals surface area contributed by atoms with Crippen molar-refractivity contribution in [3.8, 4) is 0 Å². The topological polar surface area (TPSA) is 101 Å². The number of carbonyl (C=O) groups excluding carboxylic acids is 2. The molecule has 0 heterocycles. The van der Waals surface area contributed by atoms with Gasteiger partial charge in [0, 0.05) is 0 Å². The maximum Gasteiger partial charge on any atom is 0.116 e. The molecule has 0 aliphatic rings. The summed E-state index contributed by atoms with van der Waals surface area (Å²) in [6.07, 6.45) is 0.750. The molecular formula is C3H11NO3. The average Bonchev–Trinajstić information content (AvgIpc) is 1.46. The predicted octanol–water partition coefficient (Wildman–Crippen LogP) is -0.642. The van der Waals surface area contributed by atoms with Crippen LogP contribution in [-0.4, -0.2) is 18.6 Å². The lowest BCUT2D eigenvalue weighted by Gasteiger charge is -1.23. The highest BCUT2D eigenvalue weighted by Gasteiger charge is 1.24. The van der Waals surface area contributed by atoms with Crippen LogP contribution in [0.2, 0.25) is 0 Å². The van der Waals surface area contributed by atoms with E-state index in [1.165, 1.54) is 6.92 Å². The first kappa shape index (κ1) is 33.9. The van der Waals surface area contributed by atoms with Crippen molar-refractivity contribution >= 4 is 13.1 Å². The smallest absolute Gasteiger partial charge is 0.116 e. The van der Waals surface area contributed by atoms with Crippen molar-refractivity contribution in [2.24, 2.45) is 0 Å². The SMILES string of the molecule is C=O.CC=O.N.O. The Morgan fingerprint density at radius 1 is 1.43 bits per heavy atom. The van der Waals surface area contributed by atoms with Crippen LogP contribution in [0, 0.1) is 0 Å². The third-order valence-electron chi connectivity index (χ3n) is 0. The quantitative estimate of drug-likeness (QED) is 0.418. The van der Waals surface area contributed by atoms with Crippen LogP contribution >= 0.6 is 0 Å². The largest absolute Gasteiger partial charge is 0.412 e. The molecule has 0 radical (unpaired) electrons. The van der Waals surface area contributed by atoms with Gasteiger partial charge in [0.25, 0.3) is 0 Å². The highest BCUT2D eigenvalue weighted by molar-refractivity contribution is 5.44. The van der Waals surface area contributed by atoms with Gasteiger partial charge in [-0.25, -0.2) is 0 Å². The van der Waals surface area contributed by atoms with Crippen LogP contribution in [0.15, 0.2) is 0 Å². The van der Waals surface area contributed by atoms with Crippen LogP contribution in [0.5, 0.6) is 0 Å². The van der Waals surface area contributed by atoms with Crippen molar-refractivity contribution in [3.63, 3.8) is 0 Å². The maximum atomic E-state index is 8.81. The molecule has 46 valence electrons. The fourth-order valence-electron chi connectivity index (χ4n) is 0. The molecule has 0 unspecified atom stereocenters. The molecule has 4 nitrogen and oxygen atoms in total. The van der Waals surface area contributed by atoms with E-state index in [0.717, 1.165) is 6.29 Å². The van der Waals surface area contributed by atoms with Crippen LogP contribution in [0.4, 0.5) is 0 Å². The fourth-order valence-corrected chi connectivity index (χ4v) is 0. The third-order valence-corrected chi connectivity index (χ3v) is 0. The lowest BCUT2D eigenvalue weighted by Crippen LogP contribution is -1.36. The zero-order chi connectivity index (χ0) is 4.71. The van der Waals surface area contributed by atoms with Gasteiger partial charge in [-0.15, -0.1) is 0 Å². The molecule has 0 aliphatic carbocycles. The van der Waals surface area contributed by atoms with Crippen LogP contribution in [0.1, 0.15) is 6.92 Å². The van der Waals surface area contributed by atoms with Crippen molar-refractivity contribution in [1.29, 1.82) is 0 Å². The predicted molar refractivity (Wildman–Crippen MR) is 27.5 cm³/mol. The molecule has 0 aliphatic heterocycles. The number of hydrogen-bond donors (Lipinski definition) is 1. The summed E-state index contributed by atoms with van der Waals surface area (Å²) in [5.74, 6) is 0. The molecule has 0 aromatic carbocycles. The minimum Gasteiger partial charge on any atom is -0.412 e. The highest BCUT2D eigenvalue weighted by Crippen LogP contribution is 1.13. The minimum absolute atomic E-state index is 0. The number of carbonyl (C=O) groups is 2. The summed E-state index contributed by atoms with van der Waals surface area (Å²) >= 11 is 0. The van der Waals surface area contributed by atoms with Crippen molar-refractivity contribution in [2.75, 3.05) is 0 Å². The van der Waals surface area contributed by atoms with Gasteiger partial charge in [0.2, 0.25) is 0 Å². The normalized spacial score (nSPS) is 2.43. The highest BCUT2D eigenvalue weighted by atomic mass is 16.1. The van der Waals surface area contributed by atoms with E-state index in [4.69, 9.17) is 9.59 Å². The monoisotopic (exact) mass is 109 g/mol. The standard InChI is InChI=1S/C2H4O.CH2O.H3N.H2O/c1-2-3;1-2;;/h2H,1H3;1H2;1H3;1H2. The van der Waals surface area contributed by atoms with Crippen molar-refractivity contribution in [2.45, 2.75) is 6.92 Å². The van der Waals surface area contributed by atoms with Crippen LogP contribution in [0.25, 0.3) is 0 Å². The lowest BCUT2D eigenvalue weighted by molar-refractivity contribution is -0.106. The van der Waals surface area contributed by atoms with Gasteiger partial charge in [0.1, 0.15) is 13.1 Å². The van der Waals surface area contributed by atoms with Crippen LogP contribution < -0.4 is 6.15 Å². The molecule has 0 saturated carbocycles. The second-order valence-electron chi connectivity index (χ2n) is 0.236. The van der Waals surface area contributed by atoms with Gasteiger partial charge in [-0.1, -0.05) is 0 Å². The van der Waals surface area contributed by atoms with Gasteiger partial charge in [-0.05, 0) is 6.92 Å². The Labute approximate surface area is 42.4 Å². The molecule has 7 heavy (non-hydrogen) atoms. The Bertz CT molecular complexity index is 24.1. The van der Waals surface area contributed by atoms with E-state index in [9.17, 15) is 0 Å². The molecule has 0 atom stereocenters. The first-order valence-corrected chi connectivity index (χ1v) is 1.10. The second kappa shape index (κ2) is 1410. The Morgan fingerprint density at radius 3 is 1.43 bits per heavy atom. The summed E-state index contributed by atoms with van der Waals surface area (Å²) in [6.45, 7) is 3.44. The van der Waals surface area contributed by atoms with E-state index in [1.54, 1.807) is 0 Å². The zero-order valence-corrected chi connectivity index (χ0v) is 4.31. The molecule has 0 fully saturated rings. The average molecular weight is 109 g/mol. The van der Waals surface area contributed by atoms with Gasteiger partial charge in [0.15, 0.2) is 0 Å². The van der Waals surface area contributed by atoms with Crippen LogP contribution in [-0.2, 0) is 9.59 Å². The molecule has 0 saturated heterocycles. The van der Waals surface area contributed by atoms with Gasteiger partial charge >= 0.3 is 0 Å². The lowest BCUT2D eigenvalue weighted by atomic mass is 11.0. The summed E-state index contributed by atoms with van der Waals surface area (Å²) in [5.41, 5.74) is 0. The number of hydrogen-bond acceptors (Lipinski definition) is 3. The summed E-state index contributed by atoms with van der Waals surface area (Å²) < 4.78 is 0. The van der Waals surface area contributed by atoms with Gasteiger partial charge in [-0.3, -0.25) is 0 Å². The third kappa shape index (κ3) is 102. The van der Waals surface area contributed by atoms with Crippen LogP contribution in [0.3, 0.4) is 0 Å². The van der Waals surface area contributed by atoms with E-state index < -0.39 is 0 Å². The van der Waals surface area contributed by atoms with E-state index in [0.29, 0.717) is 0 Å². The van der Waals surface area contributed by atoms with Crippen molar-refractivity contribution in [1.82, 2.24) is 6.15 Å². The minimum atomic E-state index is 0. The second-order valence-corrected chi connectivity index (χ2v) is 0.236. The summed E-state index contributed by atoms with van der Waals surface area (Å²) in [5, 5.41) is 0. The zero-order valence-electron chi connectivity index (χ0n) is 4.31. The molecular weight excluding hydrogens is 98.0 g/mol. The van der Waals surface area contributed by atoms with E-state index in [2.05, 4.69) is 0 Å². The van der Waals surface area contributed by atoms with E-state index >= 15 is 0 Å². The van der Waals surface area contributed by atoms with Gasteiger partial charge in [-0.2, -0.15) is 0 Å². The van der Waals surface area contributed by atoms with E-state index in [-0.39, 0.29) is 11.6 Å². The van der Waals surface area contributed by atoms with Gasteiger partial charge in [0.05, 0.1) is 0 Å². The fraction of sp³-hybridized carbons (Fsp3) is 0.333. The van der Waals surface area contributed by atoms with E-state index in [1.807, 2.05) is 6.79 Å². The Kier molecular flexibility index (Phi) is 6840. The Hall–Kier alpha value is -0.740. The molecule has 5 N–H and O–H groups in total. The first-order valence-electron chi connectivity index (χ1n) is 1.10. The number of rotatable bonds is 0. The Balaban J connectivity index is -0.0000000105. The summed E-state index contributed by atoms with van der Waals surface area (Å²) in [7, 11) is 0. The molecule has 0 aromatic heterocycles. The number of aldehydes is 1. The van der Waals surface area contributed by atoms with Gasteiger partial charge < -0.3 is 21.2 Å². The molecule has 4 heteroatoms. The van der Waals surface area contributed by atoms with Crippen molar-refractivity contribution in [3.05, 3.63) is 0 Å². The first-order chi connectivity index (χ1) is 2.41. The summed E-state index contributed by atoms with van der Waals surface area (Å²) in [4.78, 5) is 16.8. The molecule has 0 aromatic rings. The molecule has 0 spiro atoms. The maximum absolute atomic E-state index is 8.81. The molecule has 0 amide bonds. The molecule has 0 rings (SSSR count). The summed E-state index contributed by atoms with van der Waals surface area (Å²) in [6, 6.07) is 0. The molecule has 0 bridgehead atoms.